The number of rotatable bonds is 7. The molecule has 1 unspecified atom stereocenters. The fraction of sp³-hybridized carbons (Fsp3) is 0.304. The summed E-state index contributed by atoms with van der Waals surface area (Å²) in [5.74, 6) is -1.99. The second-order valence-corrected chi connectivity index (χ2v) is 8.42. The van der Waals surface area contributed by atoms with Gasteiger partial charge in [0.15, 0.2) is 6.61 Å². The van der Waals surface area contributed by atoms with Crippen molar-refractivity contribution >= 4 is 46.8 Å². The lowest BCUT2D eigenvalue weighted by Crippen LogP contribution is -2.28. The first-order chi connectivity index (χ1) is 15.3. The minimum atomic E-state index is -0.619. The average molecular weight is 456 g/mol. The Labute approximate surface area is 190 Å². The summed E-state index contributed by atoms with van der Waals surface area (Å²) in [4.78, 5) is 52.9. The van der Waals surface area contributed by atoms with Crippen molar-refractivity contribution in [1.82, 2.24) is 4.90 Å². The molecule has 0 saturated carbocycles. The highest BCUT2D eigenvalue weighted by molar-refractivity contribution is 7.98. The van der Waals surface area contributed by atoms with Gasteiger partial charge in [0.1, 0.15) is 0 Å². The topological polar surface area (TPSA) is 96.0 Å². The molecule has 0 radical (unpaired) electrons. The number of anilines is 2. The van der Waals surface area contributed by atoms with Crippen molar-refractivity contribution in [1.29, 1.82) is 0 Å². The molecule has 1 atom stereocenters. The molecule has 168 valence electrons. The highest BCUT2D eigenvalue weighted by Gasteiger charge is 2.36. The molecule has 1 N–H and O–H groups in total. The smallest absolute Gasteiger partial charge is 0.311 e. The molecule has 1 aliphatic heterocycles. The predicted molar refractivity (Wildman–Crippen MR) is 123 cm³/mol. The van der Waals surface area contributed by atoms with Gasteiger partial charge in [-0.1, -0.05) is 0 Å². The molecular weight excluding hydrogens is 430 g/mol. The highest BCUT2D eigenvalue weighted by Crippen LogP contribution is 2.27. The van der Waals surface area contributed by atoms with Gasteiger partial charge in [-0.05, 0) is 54.8 Å². The average Bonchev–Trinajstić information content (AvgIpc) is 3.19. The summed E-state index contributed by atoms with van der Waals surface area (Å²) in [5.41, 5.74) is 1.72. The number of esters is 1. The molecule has 0 aromatic heterocycles. The summed E-state index contributed by atoms with van der Waals surface area (Å²) in [6.45, 7) is -0.233. The number of carbonyl (C=O) groups is 4. The van der Waals surface area contributed by atoms with Gasteiger partial charge in [0.25, 0.3) is 11.8 Å². The monoisotopic (exact) mass is 455 g/mol. The molecule has 3 amide bonds. The molecule has 8 nitrogen and oxygen atoms in total. The molecule has 32 heavy (non-hydrogen) atoms. The Balaban J connectivity index is 1.49. The number of nitrogens with one attached hydrogen (secondary N) is 1. The summed E-state index contributed by atoms with van der Waals surface area (Å²) in [7, 11) is 3.31. The number of thioether (sulfide) groups is 1. The van der Waals surface area contributed by atoms with E-state index in [1.807, 2.05) is 30.5 Å². The molecule has 2 aromatic rings. The third-order valence-electron chi connectivity index (χ3n) is 5.01. The number of nitrogens with zero attached hydrogens (tertiary/aromatic N) is 2. The fourth-order valence-electron chi connectivity index (χ4n) is 3.28. The SMILES string of the molecule is CSc1ccc(N2CC(C(=O)OCC(=O)Nc3ccc(C(=O)N(C)C)cc3)CC2=O)cc1. The van der Waals surface area contributed by atoms with E-state index in [2.05, 4.69) is 5.32 Å². The lowest BCUT2D eigenvalue weighted by molar-refractivity contribution is -0.151. The van der Waals surface area contributed by atoms with E-state index in [0.29, 0.717) is 11.3 Å². The van der Waals surface area contributed by atoms with Gasteiger partial charge >= 0.3 is 5.97 Å². The minimum Gasteiger partial charge on any atom is -0.455 e. The van der Waals surface area contributed by atoms with Crippen LogP contribution in [0.1, 0.15) is 16.8 Å². The first kappa shape index (κ1) is 23.3. The normalized spacial score (nSPS) is 15.4. The van der Waals surface area contributed by atoms with Gasteiger partial charge in [-0.25, -0.2) is 0 Å². The van der Waals surface area contributed by atoms with Crippen molar-refractivity contribution in [3.8, 4) is 0 Å². The standard InChI is InChI=1S/C23H25N3O5S/c1-25(2)22(29)15-4-6-17(7-5-15)24-20(27)14-31-23(30)16-12-21(28)26(13-16)18-8-10-19(32-3)11-9-18/h4-11,16H,12-14H2,1-3H3,(H,24,27). The molecule has 9 heteroatoms. The molecule has 1 fully saturated rings. The zero-order valence-electron chi connectivity index (χ0n) is 18.2. The predicted octanol–water partition coefficient (Wildman–Crippen LogP) is 2.65. The van der Waals surface area contributed by atoms with E-state index in [4.69, 9.17) is 4.74 Å². The third kappa shape index (κ3) is 5.67. The van der Waals surface area contributed by atoms with Crippen LogP contribution in [0.25, 0.3) is 0 Å². The Bertz CT molecular complexity index is 1010. The molecule has 1 heterocycles. The van der Waals surface area contributed by atoms with Crippen LogP contribution in [0, 0.1) is 5.92 Å². The van der Waals surface area contributed by atoms with Crippen molar-refractivity contribution in [2.24, 2.45) is 5.92 Å². The van der Waals surface area contributed by atoms with Crippen molar-refractivity contribution in [3.05, 3.63) is 54.1 Å². The Hall–Kier alpha value is -3.33. The number of carbonyl (C=O) groups excluding carboxylic acids is 4. The zero-order chi connectivity index (χ0) is 23.3. The Morgan fingerprint density at radius 2 is 1.75 bits per heavy atom. The van der Waals surface area contributed by atoms with Crippen molar-refractivity contribution in [3.63, 3.8) is 0 Å². The number of amides is 3. The maximum atomic E-state index is 12.4. The summed E-state index contributed by atoms with van der Waals surface area (Å²) < 4.78 is 5.13. The molecule has 0 bridgehead atoms. The van der Waals surface area contributed by atoms with E-state index in [9.17, 15) is 19.2 Å². The molecule has 2 aromatic carbocycles. The highest BCUT2D eigenvalue weighted by atomic mass is 32.2. The van der Waals surface area contributed by atoms with Crippen LogP contribution in [-0.4, -0.2) is 62.1 Å². The van der Waals surface area contributed by atoms with Crippen LogP contribution in [0.3, 0.4) is 0 Å². The van der Waals surface area contributed by atoms with Crippen LogP contribution >= 0.6 is 11.8 Å². The van der Waals surface area contributed by atoms with Gasteiger partial charge in [-0.3, -0.25) is 19.2 Å². The quantitative estimate of drug-likeness (QED) is 0.509. The van der Waals surface area contributed by atoms with Crippen molar-refractivity contribution < 1.29 is 23.9 Å². The molecule has 1 aliphatic rings. The zero-order valence-corrected chi connectivity index (χ0v) is 19.0. The lowest BCUT2D eigenvalue weighted by Gasteiger charge is -2.16. The van der Waals surface area contributed by atoms with E-state index in [-0.39, 0.29) is 24.8 Å². The first-order valence-corrected chi connectivity index (χ1v) is 11.2. The molecule has 0 spiro atoms. The van der Waals surface area contributed by atoms with Crippen molar-refractivity contribution in [2.75, 3.05) is 43.7 Å². The van der Waals surface area contributed by atoms with Gasteiger partial charge in [0.05, 0.1) is 5.92 Å². The Morgan fingerprint density at radius 3 is 2.34 bits per heavy atom. The van der Waals surface area contributed by atoms with E-state index in [1.165, 1.54) is 4.90 Å². The van der Waals surface area contributed by atoms with Crippen LogP contribution in [0.5, 0.6) is 0 Å². The van der Waals surface area contributed by atoms with Gasteiger partial charge in [-0.2, -0.15) is 0 Å². The number of benzene rings is 2. The fourth-order valence-corrected chi connectivity index (χ4v) is 3.69. The van der Waals surface area contributed by atoms with Gasteiger partial charge in [0, 0.05) is 48.9 Å². The maximum absolute atomic E-state index is 12.4. The largest absolute Gasteiger partial charge is 0.455 e. The Morgan fingerprint density at radius 1 is 1.09 bits per heavy atom. The van der Waals surface area contributed by atoms with E-state index in [1.54, 1.807) is 55.0 Å². The van der Waals surface area contributed by atoms with Gasteiger partial charge < -0.3 is 19.9 Å². The van der Waals surface area contributed by atoms with Crippen LogP contribution in [0.4, 0.5) is 11.4 Å². The minimum absolute atomic E-state index is 0.0477. The number of hydrogen-bond acceptors (Lipinski definition) is 6. The second kappa shape index (κ2) is 10.3. The molecular formula is C23H25N3O5S. The molecule has 1 saturated heterocycles. The molecule has 3 rings (SSSR count). The van der Waals surface area contributed by atoms with Crippen LogP contribution in [0.2, 0.25) is 0 Å². The summed E-state index contributed by atoms with van der Waals surface area (Å²) in [5, 5.41) is 2.62. The van der Waals surface area contributed by atoms with Crippen LogP contribution in [-0.2, 0) is 19.1 Å². The van der Waals surface area contributed by atoms with E-state index < -0.39 is 24.4 Å². The third-order valence-corrected chi connectivity index (χ3v) is 5.75. The van der Waals surface area contributed by atoms with E-state index in [0.717, 1.165) is 10.6 Å². The van der Waals surface area contributed by atoms with Gasteiger partial charge in [0.2, 0.25) is 5.91 Å². The maximum Gasteiger partial charge on any atom is 0.311 e. The Kier molecular flexibility index (Phi) is 7.53. The summed E-state index contributed by atoms with van der Waals surface area (Å²) >= 11 is 1.61. The summed E-state index contributed by atoms with van der Waals surface area (Å²) in [6.07, 6.45) is 2.02. The molecule has 0 aliphatic carbocycles. The first-order valence-electron chi connectivity index (χ1n) is 10.0. The van der Waals surface area contributed by atoms with Gasteiger partial charge in [-0.15, -0.1) is 11.8 Å². The van der Waals surface area contributed by atoms with Crippen LogP contribution < -0.4 is 10.2 Å². The van der Waals surface area contributed by atoms with Crippen LogP contribution in [0.15, 0.2) is 53.4 Å². The van der Waals surface area contributed by atoms with E-state index >= 15 is 0 Å². The second-order valence-electron chi connectivity index (χ2n) is 7.54. The number of hydrogen-bond donors (Lipinski definition) is 1. The summed E-state index contributed by atoms with van der Waals surface area (Å²) in [6, 6.07) is 14.0. The lowest BCUT2D eigenvalue weighted by atomic mass is 10.1. The van der Waals surface area contributed by atoms with Crippen molar-refractivity contribution in [2.45, 2.75) is 11.3 Å². The number of ether oxygens (including phenoxy) is 1.